The lowest BCUT2D eigenvalue weighted by Gasteiger charge is -2.36. The molecule has 4 heterocycles. The number of nitrogens with zero attached hydrogens (tertiary/aromatic N) is 3. The molecule has 0 N–H and O–H groups in total. The van der Waals surface area contributed by atoms with Gasteiger partial charge < -0.3 is 9.47 Å². The Labute approximate surface area is 175 Å². The number of carbonyl (C=O) groups excluding carboxylic acids is 1. The van der Waals surface area contributed by atoms with Gasteiger partial charge in [0, 0.05) is 18.5 Å². The lowest BCUT2D eigenvalue weighted by atomic mass is 9.93. The van der Waals surface area contributed by atoms with Crippen LogP contribution < -0.4 is 5.56 Å². The molecule has 1 unspecified atom stereocenters. The highest BCUT2D eigenvalue weighted by atomic mass is 32.1. The van der Waals surface area contributed by atoms with Crippen molar-refractivity contribution in [3.8, 4) is 0 Å². The number of aryl methyl sites for hydroxylation is 2. The molecule has 1 atom stereocenters. The molecule has 1 aromatic carbocycles. The van der Waals surface area contributed by atoms with Crippen LogP contribution in [0.4, 0.5) is 0 Å². The first kappa shape index (κ1) is 18.3. The fourth-order valence-corrected chi connectivity index (χ4v) is 6.07. The lowest BCUT2D eigenvalue weighted by Crippen LogP contribution is -2.40. The van der Waals surface area contributed by atoms with Gasteiger partial charge in [-0.25, -0.2) is 4.98 Å². The molecule has 0 saturated carbocycles. The van der Waals surface area contributed by atoms with Crippen LogP contribution in [0.15, 0.2) is 52.9 Å². The van der Waals surface area contributed by atoms with Crippen molar-refractivity contribution in [3.05, 3.63) is 84.9 Å². The molecule has 1 amide bonds. The van der Waals surface area contributed by atoms with Crippen molar-refractivity contribution < 1.29 is 4.79 Å². The number of carbonyl (C=O) groups is 1. The largest absolute Gasteiger partial charge is 0.326 e. The van der Waals surface area contributed by atoms with Crippen molar-refractivity contribution in [2.24, 2.45) is 7.05 Å². The van der Waals surface area contributed by atoms with Crippen LogP contribution in [0.2, 0.25) is 0 Å². The highest BCUT2D eigenvalue weighted by Gasteiger charge is 2.35. The SMILES string of the molecule is Cc1c(C(=O)N2CCc3sccc3C2c2ccccc2)sc2ncn(C)c(=O)c12. The first-order valence-corrected chi connectivity index (χ1v) is 11.1. The summed E-state index contributed by atoms with van der Waals surface area (Å²) in [6.07, 6.45) is 2.37. The summed E-state index contributed by atoms with van der Waals surface area (Å²) < 4.78 is 1.46. The maximum absolute atomic E-state index is 13.7. The number of aromatic nitrogens is 2. The second kappa shape index (κ2) is 6.93. The van der Waals surface area contributed by atoms with Crippen LogP contribution in [0.5, 0.6) is 0 Å². The van der Waals surface area contributed by atoms with E-state index in [0.29, 0.717) is 21.6 Å². The molecular formula is C22H19N3O2S2. The molecular weight excluding hydrogens is 402 g/mol. The molecule has 4 aromatic rings. The normalized spacial score (nSPS) is 16.2. The Bertz CT molecular complexity index is 1290. The third-order valence-corrected chi connectivity index (χ3v) is 7.73. The van der Waals surface area contributed by atoms with Crippen LogP contribution in [-0.2, 0) is 13.5 Å². The summed E-state index contributed by atoms with van der Waals surface area (Å²) in [4.78, 5) is 35.2. The number of thiophene rings is 2. The number of amides is 1. The van der Waals surface area contributed by atoms with Crippen LogP contribution in [0, 0.1) is 6.92 Å². The molecule has 0 aliphatic carbocycles. The summed E-state index contributed by atoms with van der Waals surface area (Å²) in [5, 5.41) is 2.65. The summed E-state index contributed by atoms with van der Waals surface area (Å²) in [6.45, 7) is 2.51. The van der Waals surface area contributed by atoms with Crippen molar-refractivity contribution >= 4 is 38.8 Å². The minimum atomic E-state index is -0.112. The lowest BCUT2D eigenvalue weighted by molar-refractivity contribution is 0.0700. The molecule has 7 heteroatoms. The first-order chi connectivity index (χ1) is 14.1. The highest BCUT2D eigenvalue weighted by Crippen LogP contribution is 2.39. The van der Waals surface area contributed by atoms with Gasteiger partial charge in [-0.1, -0.05) is 30.3 Å². The molecule has 1 aliphatic rings. The first-order valence-electron chi connectivity index (χ1n) is 9.43. The minimum absolute atomic E-state index is 0.0294. The zero-order valence-corrected chi connectivity index (χ0v) is 17.7. The van der Waals surface area contributed by atoms with Crippen molar-refractivity contribution in [2.75, 3.05) is 6.54 Å². The molecule has 0 fully saturated rings. The average molecular weight is 422 g/mol. The number of hydrogen-bond donors (Lipinski definition) is 0. The van der Waals surface area contributed by atoms with E-state index in [9.17, 15) is 9.59 Å². The van der Waals surface area contributed by atoms with E-state index in [1.165, 1.54) is 32.7 Å². The van der Waals surface area contributed by atoms with Gasteiger partial charge in [-0.05, 0) is 41.5 Å². The van der Waals surface area contributed by atoms with Crippen LogP contribution in [-0.4, -0.2) is 26.9 Å². The van der Waals surface area contributed by atoms with Crippen molar-refractivity contribution in [2.45, 2.75) is 19.4 Å². The van der Waals surface area contributed by atoms with Crippen LogP contribution >= 0.6 is 22.7 Å². The Morgan fingerprint density at radius 3 is 2.79 bits per heavy atom. The van der Waals surface area contributed by atoms with Gasteiger partial charge in [0.15, 0.2) is 0 Å². The Hall–Kier alpha value is -2.77. The van der Waals surface area contributed by atoms with Gasteiger partial charge in [0.05, 0.1) is 22.6 Å². The molecule has 0 spiro atoms. The smallest absolute Gasteiger partial charge is 0.265 e. The van der Waals surface area contributed by atoms with E-state index in [-0.39, 0.29) is 17.5 Å². The number of hydrogen-bond acceptors (Lipinski definition) is 5. The summed E-state index contributed by atoms with van der Waals surface area (Å²) in [5.41, 5.74) is 2.93. The second-order valence-electron chi connectivity index (χ2n) is 7.26. The standard InChI is InChI=1S/C22H19N3O2S2/c1-13-17-20(23-12-24(2)21(17)26)29-19(13)22(27)25-10-8-16-15(9-11-28-16)18(25)14-6-4-3-5-7-14/h3-7,9,11-12,18H,8,10H2,1-2H3. The predicted octanol–water partition coefficient (Wildman–Crippen LogP) is 4.15. The van der Waals surface area contributed by atoms with E-state index in [2.05, 4.69) is 28.6 Å². The van der Waals surface area contributed by atoms with Crippen LogP contribution in [0.3, 0.4) is 0 Å². The van der Waals surface area contributed by atoms with Gasteiger partial charge in [-0.3, -0.25) is 9.59 Å². The van der Waals surface area contributed by atoms with E-state index in [4.69, 9.17) is 0 Å². The Balaban J connectivity index is 1.64. The quantitative estimate of drug-likeness (QED) is 0.489. The fourth-order valence-electron chi connectivity index (χ4n) is 4.07. The Kier molecular flexibility index (Phi) is 4.37. The van der Waals surface area contributed by atoms with Crippen LogP contribution in [0.25, 0.3) is 10.2 Å². The summed E-state index contributed by atoms with van der Waals surface area (Å²) in [5.74, 6) is -0.0294. The van der Waals surface area contributed by atoms with Crippen molar-refractivity contribution in [1.82, 2.24) is 14.5 Å². The summed E-state index contributed by atoms with van der Waals surface area (Å²) in [7, 11) is 1.68. The maximum Gasteiger partial charge on any atom is 0.265 e. The van der Waals surface area contributed by atoms with E-state index < -0.39 is 0 Å². The Morgan fingerprint density at radius 2 is 2.00 bits per heavy atom. The van der Waals surface area contributed by atoms with Crippen molar-refractivity contribution in [1.29, 1.82) is 0 Å². The molecule has 0 radical (unpaired) electrons. The maximum atomic E-state index is 13.7. The molecule has 3 aromatic heterocycles. The second-order valence-corrected chi connectivity index (χ2v) is 9.26. The van der Waals surface area contributed by atoms with Gasteiger partial charge >= 0.3 is 0 Å². The predicted molar refractivity (Wildman–Crippen MR) is 117 cm³/mol. The third-order valence-electron chi connectivity index (χ3n) is 5.55. The van der Waals surface area contributed by atoms with E-state index in [0.717, 1.165) is 17.5 Å². The molecule has 29 heavy (non-hydrogen) atoms. The summed E-state index contributed by atoms with van der Waals surface area (Å²) >= 11 is 3.07. The number of benzene rings is 1. The third kappa shape index (κ3) is 2.84. The molecule has 5 rings (SSSR count). The highest BCUT2D eigenvalue weighted by molar-refractivity contribution is 7.20. The van der Waals surface area contributed by atoms with Gasteiger partial charge in [0.1, 0.15) is 4.83 Å². The average Bonchev–Trinajstić information content (AvgIpc) is 3.35. The number of rotatable bonds is 2. The Morgan fingerprint density at radius 1 is 1.21 bits per heavy atom. The summed E-state index contributed by atoms with van der Waals surface area (Å²) in [6, 6.07) is 12.2. The molecule has 146 valence electrons. The van der Waals surface area contributed by atoms with Gasteiger partial charge in [0.25, 0.3) is 11.5 Å². The van der Waals surface area contributed by atoms with Gasteiger partial charge in [-0.15, -0.1) is 22.7 Å². The molecule has 5 nitrogen and oxygen atoms in total. The fraction of sp³-hybridized carbons (Fsp3) is 0.227. The molecule has 1 aliphatic heterocycles. The number of fused-ring (bicyclic) bond motifs is 2. The van der Waals surface area contributed by atoms with Gasteiger partial charge in [-0.2, -0.15) is 0 Å². The minimum Gasteiger partial charge on any atom is -0.326 e. The molecule has 0 bridgehead atoms. The topological polar surface area (TPSA) is 55.2 Å². The van der Waals surface area contributed by atoms with E-state index in [1.54, 1.807) is 18.4 Å². The monoisotopic (exact) mass is 421 g/mol. The van der Waals surface area contributed by atoms with Crippen LogP contribution in [0.1, 0.15) is 37.3 Å². The molecule has 0 saturated heterocycles. The van der Waals surface area contributed by atoms with Gasteiger partial charge in [0.2, 0.25) is 0 Å². The van der Waals surface area contributed by atoms with E-state index in [1.807, 2.05) is 30.0 Å². The van der Waals surface area contributed by atoms with Crippen molar-refractivity contribution in [3.63, 3.8) is 0 Å². The zero-order valence-electron chi connectivity index (χ0n) is 16.1. The zero-order chi connectivity index (χ0) is 20.1. The van der Waals surface area contributed by atoms with E-state index >= 15 is 0 Å².